The average Bonchev–Trinajstić information content (AvgIpc) is 1.91. The molecule has 0 aromatic carbocycles. The lowest BCUT2D eigenvalue weighted by Gasteiger charge is -1.99. The predicted molar refractivity (Wildman–Crippen MR) is 43.6 cm³/mol. The molecule has 0 fully saturated rings. The van der Waals surface area contributed by atoms with Gasteiger partial charge in [0, 0.05) is 0 Å². The molecule has 0 nitrogen and oxygen atoms in total. The third-order valence-corrected chi connectivity index (χ3v) is 1.71. The second kappa shape index (κ2) is 5.87. The summed E-state index contributed by atoms with van der Waals surface area (Å²) in [5, 5.41) is 0. The highest BCUT2D eigenvalue weighted by Gasteiger charge is 1.89. The van der Waals surface area contributed by atoms with Crippen molar-refractivity contribution >= 4 is 0 Å². The maximum atomic E-state index is 2.25. The fourth-order valence-electron chi connectivity index (χ4n) is 0.929. The summed E-state index contributed by atoms with van der Waals surface area (Å²) in [5.74, 6) is 0. The van der Waals surface area contributed by atoms with Crippen LogP contribution in [-0.4, -0.2) is 0 Å². The normalized spacial score (nSPS) is 12.1. The largest absolute Gasteiger partial charge is 0.0885 e. The third kappa shape index (κ3) is 4.26. The molecular weight excluding hydrogens is 108 g/mol. The van der Waals surface area contributed by atoms with Gasteiger partial charge in [-0.15, -0.1) is 0 Å². The molecule has 0 amide bonds. The first-order valence-electron chi connectivity index (χ1n) is 3.99. The highest BCUT2D eigenvalue weighted by atomic mass is 14.0. The van der Waals surface area contributed by atoms with Gasteiger partial charge in [-0.25, -0.2) is 0 Å². The maximum absolute atomic E-state index is 2.25. The maximum Gasteiger partial charge on any atom is -0.0321 e. The van der Waals surface area contributed by atoms with E-state index < -0.39 is 0 Å². The van der Waals surface area contributed by atoms with Gasteiger partial charge < -0.3 is 0 Å². The smallest absolute Gasteiger partial charge is 0.0321 e. The number of hydrogen-bond acceptors (Lipinski definition) is 0. The topological polar surface area (TPSA) is 0 Å². The summed E-state index contributed by atoms with van der Waals surface area (Å²) in [6.45, 7) is 6.60. The van der Waals surface area contributed by atoms with Crippen molar-refractivity contribution in [2.75, 3.05) is 0 Å². The van der Waals surface area contributed by atoms with Crippen molar-refractivity contribution < 1.29 is 0 Å². The van der Waals surface area contributed by atoms with Crippen molar-refractivity contribution in [3.05, 3.63) is 11.6 Å². The van der Waals surface area contributed by atoms with Crippen LogP contribution < -0.4 is 0 Å². The van der Waals surface area contributed by atoms with E-state index in [1.54, 1.807) is 5.57 Å². The standard InChI is InChI=1S/C9H18/c1-4-7-8-9(5-2)6-3/h5H,4,6-8H2,1-3H3/b9-5+. The number of allylic oxidation sites excluding steroid dienone is 2. The fourth-order valence-corrected chi connectivity index (χ4v) is 0.929. The number of hydrogen-bond donors (Lipinski definition) is 0. The van der Waals surface area contributed by atoms with Crippen LogP contribution in [0, 0.1) is 0 Å². The minimum absolute atomic E-state index is 1.23. The van der Waals surface area contributed by atoms with Gasteiger partial charge in [0.25, 0.3) is 0 Å². The van der Waals surface area contributed by atoms with Crippen LogP contribution in [-0.2, 0) is 0 Å². The average molecular weight is 126 g/mol. The van der Waals surface area contributed by atoms with Crippen molar-refractivity contribution in [1.29, 1.82) is 0 Å². The lowest BCUT2D eigenvalue weighted by molar-refractivity contribution is 0.765. The molecule has 0 atom stereocenters. The van der Waals surface area contributed by atoms with Crippen LogP contribution in [0.25, 0.3) is 0 Å². The fraction of sp³-hybridized carbons (Fsp3) is 0.778. The summed E-state index contributed by atoms with van der Waals surface area (Å²) in [4.78, 5) is 0. The molecule has 0 spiro atoms. The van der Waals surface area contributed by atoms with Crippen LogP contribution in [0.2, 0.25) is 0 Å². The summed E-state index contributed by atoms with van der Waals surface area (Å²) >= 11 is 0. The Morgan fingerprint density at radius 3 is 2.33 bits per heavy atom. The highest BCUT2D eigenvalue weighted by molar-refractivity contribution is 4.98. The van der Waals surface area contributed by atoms with Crippen LogP contribution >= 0.6 is 0 Å². The van der Waals surface area contributed by atoms with Crippen molar-refractivity contribution in [2.45, 2.75) is 46.5 Å². The molecule has 0 aromatic rings. The summed E-state index contributed by atoms with van der Waals surface area (Å²) in [7, 11) is 0. The quantitative estimate of drug-likeness (QED) is 0.505. The summed E-state index contributed by atoms with van der Waals surface area (Å²) in [5.41, 5.74) is 1.61. The first-order valence-corrected chi connectivity index (χ1v) is 3.99. The van der Waals surface area contributed by atoms with Gasteiger partial charge in [0.2, 0.25) is 0 Å². The highest BCUT2D eigenvalue weighted by Crippen LogP contribution is 2.09. The zero-order valence-electron chi connectivity index (χ0n) is 6.91. The summed E-state index contributed by atoms with van der Waals surface area (Å²) < 4.78 is 0. The molecule has 0 aliphatic heterocycles. The molecule has 54 valence electrons. The van der Waals surface area contributed by atoms with Gasteiger partial charge in [0.15, 0.2) is 0 Å². The Hall–Kier alpha value is -0.260. The van der Waals surface area contributed by atoms with E-state index in [2.05, 4.69) is 26.8 Å². The minimum atomic E-state index is 1.23. The molecule has 0 saturated carbocycles. The Kier molecular flexibility index (Phi) is 5.70. The van der Waals surface area contributed by atoms with Gasteiger partial charge >= 0.3 is 0 Å². The minimum Gasteiger partial charge on any atom is -0.0885 e. The number of rotatable bonds is 4. The van der Waals surface area contributed by atoms with Gasteiger partial charge in [0.05, 0.1) is 0 Å². The van der Waals surface area contributed by atoms with E-state index in [4.69, 9.17) is 0 Å². The van der Waals surface area contributed by atoms with Crippen molar-refractivity contribution in [1.82, 2.24) is 0 Å². The lowest BCUT2D eigenvalue weighted by atomic mass is 10.1. The second-order valence-electron chi connectivity index (χ2n) is 2.40. The third-order valence-electron chi connectivity index (χ3n) is 1.71. The molecule has 0 bridgehead atoms. The zero-order chi connectivity index (χ0) is 7.11. The Balaban J connectivity index is 3.33. The lowest BCUT2D eigenvalue weighted by Crippen LogP contribution is -1.79. The molecule has 0 rings (SSSR count). The Morgan fingerprint density at radius 1 is 1.33 bits per heavy atom. The zero-order valence-corrected chi connectivity index (χ0v) is 6.91. The van der Waals surface area contributed by atoms with E-state index in [0.717, 1.165) is 0 Å². The molecule has 0 aliphatic rings. The molecule has 0 saturated heterocycles. The van der Waals surface area contributed by atoms with Crippen LogP contribution in [0.4, 0.5) is 0 Å². The first kappa shape index (κ1) is 8.74. The molecule has 0 aromatic heterocycles. The SMILES string of the molecule is C/C=C(\CC)CCCC. The van der Waals surface area contributed by atoms with Crippen LogP contribution in [0.3, 0.4) is 0 Å². The molecule has 0 aliphatic carbocycles. The van der Waals surface area contributed by atoms with Gasteiger partial charge in [-0.3, -0.25) is 0 Å². The summed E-state index contributed by atoms with van der Waals surface area (Å²) in [6, 6.07) is 0. The van der Waals surface area contributed by atoms with Gasteiger partial charge in [-0.2, -0.15) is 0 Å². The molecule has 0 radical (unpaired) electrons. The molecule has 0 unspecified atom stereocenters. The van der Waals surface area contributed by atoms with Crippen molar-refractivity contribution in [3.8, 4) is 0 Å². The molecular formula is C9H18. The van der Waals surface area contributed by atoms with E-state index in [1.165, 1.54) is 25.7 Å². The van der Waals surface area contributed by atoms with Crippen LogP contribution in [0.5, 0.6) is 0 Å². The Morgan fingerprint density at radius 2 is 2.00 bits per heavy atom. The first-order chi connectivity index (χ1) is 4.35. The van der Waals surface area contributed by atoms with Crippen LogP contribution in [0.1, 0.15) is 46.5 Å². The second-order valence-corrected chi connectivity index (χ2v) is 2.40. The van der Waals surface area contributed by atoms with E-state index in [1.807, 2.05) is 0 Å². The Bertz CT molecular complexity index is 80.0. The van der Waals surface area contributed by atoms with Crippen molar-refractivity contribution in [2.24, 2.45) is 0 Å². The van der Waals surface area contributed by atoms with Gasteiger partial charge in [0.1, 0.15) is 0 Å². The number of unbranched alkanes of at least 4 members (excludes halogenated alkanes) is 1. The summed E-state index contributed by atoms with van der Waals surface area (Å²) in [6.07, 6.45) is 7.46. The molecule has 0 heteroatoms. The van der Waals surface area contributed by atoms with E-state index in [-0.39, 0.29) is 0 Å². The van der Waals surface area contributed by atoms with Gasteiger partial charge in [-0.1, -0.05) is 31.9 Å². The van der Waals surface area contributed by atoms with Gasteiger partial charge in [-0.05, 0) is 26.2 Å². The van der Waals surface area contributed by atoms with E-state index >= 15 is 0 Å². The predicted octanol–water partition coefficient (Wildman–Crippen LogP) is 3.53. The van der Waals surface area contributed by atoms with E-state index in [0.29, 0.717) is 0 Å². The Labute approximate surface area is 59.0 Å². The monoisotopic (exact) mass is 126 g/mol. The van der Waals surface area contributed by atoms with E-state index in [9.17, 15) is 0 Å². The van der Waals surface area contributed by atoms with Crippen LogP contribution in [0.15, 0.2) is 11.6 Å². The van der Waals surface area contributed by atoms with Crippen molar-refractivity contribution in [3.63, 3.8) is 0 Å². The molecule has 0 heterocycles. The molecule has 0 N–H and O–H groups in total. The molecule has 9 heavy (non-hydrogen) atoms.